The van der Waals surface area contributed by atoms with E-state index >= 15 is 4.39 Å². The van der Waals surface area contributed by atoms with E-state index in [1.807, 2.05) is 59.5 Å². The van der Waals surface area contributed by atoms with Crippen LogP contribution in [0.3, 0.4) is 0 Å². The number of piperazine rings is 1. The van der Waals surface area contributed by atoms with Crippen molar-refractivity contribution in [2.75, 3.05) is 43.5 Å². The molecule has 1 amide bonds. The van der Waals surface area contributed by atoms with E-state index in [4.69, 9.17) is 4.74 Å². The number of benzene rings is 3. The standard InChI is InChI=1S/C28H28FN3O3/c1-35-28(34)26(19-7-3-2-4-8-19)32-15-13-31(14-16-32)25-12-11-21(18-24(25)29)30-27(33)23-17-20-9-5-6-10-22(20)23/h2-12,18,23,26H,13-17H2,1H3,(H,30,33). The molecular weight excluding hydrogens is 445 g/mol. The fourth-order valence-corrected chi connectivity index (χ4v) is 5.03. The van der Waals surface area contributed by atoms with E-state index in [2.05, 4.69) is 10.2 Å². The van der Waals surface area contributed by atoms with E-state index in [9.17, 15) is 9.59 Å². The molecule has 6 nitrogen and oxygen atoms in total. The molecule has 1 aliphatic heterocycles. The highest BCUT2D eigenvalue weighted by atomic mass is 19.1. The maximum atomic E-state index is 15.0. The van der Waals surface area contributed by atoms with Gasteiger partial charge in [0.2, 0.25) is 5.91 Å². The molecule has 0 aromatic heterocycles. The van der Waals surface area contributed by atoms with Gasteiger partial charge in [0.15, 0.2) is 0 Å². The fourth-order valence-electron chi connectivity index (χ4n) is 5.03. The summed E-state index contributed by atoms with van der Waals surface area (Å²) < 4.78 is 20.1. The molecule has 0 spiro atoms. The molecule has 1 aliphatic carbocycles. The van der Waals surface area contributed by atoms with Crippen molar-refractivity contribution in [1.82, 2.24) is 4.90 Å². The van der Waals surface area contributed by atoms with Gasteiger partial charge in [-0.2, -0.15) is 0 Å². The number of nitrogens with one attached hydrogen (secondary N) is 1. The summed E-state index contributed by atoms with van der Waals surface area (Å²) >= 11 is 0. The van der Waals surface area contributed by atoms with Crippen molar-refractivity contribution in [1.29, 1.82) is 0 Å². The van der Waals surface area contributed by atoms with Crippen LogP contribution in [-0.2, 0) is 20.7 Å². The summed E-state index contributed by atoms with van der Waals surface area (Å²) in [4.78, 5) is 29.2. The minimum atomic E-state index is -0.484. The molecule has 3 aromatic carbocycles. The molecule has 1 fully saturated rings. The van der Waals surface area contributed by atoms with Gasteiger partial charge in [0.1, 0.15) is 11.9 Å². The first kappa shape index (κ1) is 23.1. The van der Waals surface area contributed by atoms with E-state index in [1.54, 1.807) is 12.1 Å². The predicted octanol–water partition coefficient (Wildman–Crippen LogP) is 4.14. The Balaban J connectivity index is 1.22. The molecule has 7 heteroatoms. The Morgan fingerprint density at radius 2 is 1.69 bits per heavy atom. The third kappa shape index (κ3) is 4.64. The second kappa shape index (κ2) is 9.88. The van der Waals surface area contributed by atoms with Crippen LogP contribution in [0.5, 0.6) is 0 Å². The average Bonchev–Trinajstić information content (AvgIpc) is 2.86. The number of hydrogen-bond donors (Lipinski definition) is 1. The highest BCUT2D eigenvalue weighted by molar-refractivity contribution is 5.98. The van der Waals surface area contributed by atoms with E-state index in [1.165, 1.54) is 18.7 Å². The van der Waals surface area contributed by atoms with Crippen LogP contribution in [-0.4, -0.2) is 50.1 Å². The van der Waals surface area contributed by atoms with Gasteiger partial charge in [-0.3, -0.25) is 9.69 Å². The van der Waals surface area contributed by atoms with Crippen molar-refractivity contribution >= 4 is 23.3 Å². The number of halogens is 1. The number of amides is 1. The quantitative estimate of drug-likeness (QED) is 0.546. The zero-order valence-electron chi connectivity index (χ0n) is 19.6. The van der Waals surface area contributed by atoms with Gasteiger partial charge in [-0.15, -0.1) is 0 Å². The van der Waals surface area contributed by atoms with Crippen LogP contribution >= 0.6 is 0 Å². The predicted molar refractivity (Wildman–Crippen MR) is 133 cm³/mol. The SMILES string of the molecule is COC(=O)C(c1ccccc1)N1CCN(c2ccc(NC(=O)C3Cc4ccccc43)cc2F)CC1. The summed E-state index contributed by atoms with van der Waals surface area (Å²) in [5, 5.41) is 2.86. The van der Waals surface area contributed by atoms with Crippen molar-refractivity contribution in [3.63, 3.8) is 0 Å². The van der Waals surface area contributed by atoms with Crippen LogP contribution in [0.25, 0.3) is 0 Å². The molecule has 1 N–H and O–H groups in total. The smallest absolute Gasteiger partial charge is 0.327 e. The van der Waals surface area contributed by atoms with Gasteiger partial charge in [0.05, 0.1) is 18.7 Å². The molecule has 2 unspecified atom stereocenters. The third-order valence-electron chi connectivity index (χ3n) is 6.95. The lowest BCUT2D eigenvalue weighted by atomic mass is 9.77. The number of anilines is 2. The number of carbonyl (C=O) groups excluding carboxylic acids is 2. The first-order chi connectivity index (χ1) is 17.0. The summed E-state index contributed by atoms with van der Waals surface area (Å²) in [6.07, 6.45) is 0.711. The van der Waals surface area contributed by atoms with Crippen LogP contribution in [0.1, 0.15) is 28.7 Å². The first-order valence-electron chi connectivity index (χ1n) is 11.8. The Morgan fingerprint density at radius 1 is 0.971 bits per heavy atom. The molecule has 180 valence electrons. The maximum absolute atomic E-state index is 15.0. The Labute approximate surface area is 204 Å². The van der Waals surface area contributed by atoms with Crippen LogP contribution in [0, 0.1) is 5.82 Å². The van der Waals surface area contributed by atoms with Gasteiger partial charge in [0.25, 0.3) is 0 Å². The summed E-state index contributed by atoms with van der Waals surface area (Å²) in [6.45, 7) is 2.32. The molecule has 2 aliphatic rings. The van der Waals surface area contributed by atoms with Gasteiger partial charge in [0, 0.05) is 31.9 Å². The van der Waals surface area contributed by atoms with Gasteiger partial charge in [-0.05, 0) is 41.3 Å². The van der Waals surface area contributed by atoms with Gasteiger partial charge >= 0.3 is 5.97 Å². The first-order valence-corrected chi connectivity index (χ1v) is 11.8. The molecule has 0 bridgehead atoms. The molecule has 5 rings (SSSR count). The minimum absolute atomic E-state index is 0.112. The summed E-state index contributed by atoms with van der Waals surface area (Å²) in [7, 11) is 1.40. The lowest BCUT2D eigenvalue weighted by Crippen LogP contribution is -2.49. The Morgan fingerprint density at radius 3 is 2.37 bits per heavy atom. The van der Waals surface area contributed by atoms with Gasteiger partial charge < -0.3 is 15.0 Å². The number of ether oxygens (including phenoxy) is 1. The molecule has 35 heavy (non-hydrogen) atoms. The average molecular weight is 474 g/mol. The van der Waals surface area contributed by atoms with Gasteiger partial charge in [-0.25, -0.2) is 9.18 Å². The lowest BCUT2D eigenvalue weighted by molar-refractivity contribution is -0.147. The van der Waals surface area contributed by atoms with Crippen LogP contribution in [0.2, 0.25) is 0 Å². The number of fused-ring (bicyclic) bond motifs is 1. The Bertz CT molecular complexity index is 1230. The maximum Gasteiger partial charge on any atom is 0.327 e. The number of nitrogens with zero attached hydrogens (tertiary/aromatic N) is 2. The van der Waals surface area contributed by atoms with E-state index in [0.717, 1.165) is 11.1 Å². The van der Waals surface area contributed by atoms with E-state index in [0.29, 0.717) is 44.0 Å². The highest BCUT2D eigenvalue weighted by Crippen LogP contribution is 2.36. The van der Waals surface area contributed by atoms with Crippen molar-refractivity contribution in [2.45, 2.75) is 18.4 Å². The van der Waals surface area contributed by atoms with Crippen LogP contribution in [0.15, 0.2) is 72.8 Å². The summed E-state index contributed by atoms with van der Waals surface area (Å²) in [6, 6.07) is 21.8. The molecule has 0 saturated carbocycles. The molecular formula is C28H28FN3O3. The highest BCUT2D eigenvalue weighted by Gasteiger charge is 2.33. The number of hydrogen-bond acceptors (Lipinski definition) is 5. The van der Waals surface area contributed by atoms with Crippen molar-refractivity contribution in [2.24, 2.45) is 0 Å². The molecule has 1 heterocycles. The molecule has 0 radical (unpaired) electrons. The topological polar surface area (TPSA) is 61.9 Å². The normalized spacial score (nSPS) is 18.2. The zero-order chi connectivity index (χ0) is 24.4. The Kier molecular flexibility index (Phi) is 6.51. The fraction of sp³-hybridized carbons (Fsp3) is 0.286. The zero-order valence-corrected chi connectivity index (χ0v) is 19.6. The summed E-state index contributed by atoms with van der Waals surface area (Å²) in [5.41, 5.74) is 4.06. The second-order valence-corrected chi connectivity index (χ2v) is 8.97. The number of esters is 1. The van der Waals surface area contributed by atoms with E-state index in [-0.39, 0.29) is 23.6 Å². The Hall–Kier alpha value is -3.71. The number of carbonyl (C=O) groups is 2. The van der Waals surface area contributed by atoms with Crippen LogP contribution < -0.4 is 10.2 Å². The van der Waals surface area contributed by atoms with Gasteiger partial charge in [-0.1, -0.05) is 54.6 Å². The third-order valence-corrected chi connectivity index (χ3v) is 6.95. The second-order valence-electron chi connectivity index (χ2n) is 8.97. The lowest BCUT2D eigenvalue weighted by Gasteiger charge is -2.39. The molecule has 3 aromatic rings. The molecule has 2 atom stereocenters. The minimum Gasteiger partial charge on any atom is -0.468 e. The van der Waals surface area contributed by atoms with Crippen molar-refractivity contribution < 1.29 is 18.7 Å². The molecule has 1 saturated heterocycles. The summed E-state index contributed by atoms with van der Waals surface area (Å²) in [5.74, 6) is -0.975. The van der Waals surface area contributed by atoms with Crippen LogP contribution in [0.4, 0.5) is 15.8 Å². The largest absolute Gasteiger partial charge is 0.468 e. The van der Waals surface area contributed by atoms with Crippen molar-refractivity contribution in [3.05, 3.63) is 95.3 Å². The monoisotopic (exact) mass is 473 g/mol. The number of rotatable bonds is 6. The van der Waals surface area contributed by atoms with Crippen molar-refractivity contribution in [3.8, 4) is 0 Å². The number of methoxy groups -OCH3 is 1. The van der Waals surface area contributed by atoms with E-state index < -0.39 is 6.04 Å².